The smallest absolute Gasteiger partial charge is 0.226 e. The fourth-order valence-electron chi connectivity index (χ4n) is 2.45. The maximum Gasteiger partial charge on any atom is 0.226 e. The standard InChI is InChI=1S/C14H24N2O/c1-4-6-13(7-5-2)14(17)16-9-8-12(11-16)10-15-3/h4-5,12-13,15H,1-2,6-11H2,3H3. The summed E-state index contributed by atoms with van der Waals surface area (Å²) in [6.45, 7) is 10.2. The van der Waals surface area contributed by atoms with Crippen LogP contribution >= 0.6 is 0 Å². The van der Waals surface area contributed by atoms with E-state index in [-0.39, 0.29) is 11.8 Å². The molecule has 1 unspecified atom stereocenters. The van der Waals surface area contributed by atoms with Crippen LogP contribution in [-0.2, 0) is 4.79 Å². The van der Waals surface area contributed by atoms with Crippen LogP contribution in [0, 0.1) is 11.8 Å². The largest absolute Gasteiger partial charge is 0.342 e. The molecule has 1 saturated heterocycles. The topological polar surface area (TPSA) is 32.3 Å². The van der Waals surface area contributed by atoms with Crippen LogP contribution in [0.1, 0.15) is 19.3 Å². The second-order valence-electron chi connectivity index (χ2n) is 4.74. The van der Waals surface area contributed by atoms with Crippen LogP contribution < -0.4 is 5.32 Å². The van der Waals surface area contributed by atoms with Crippen molar-refractivity contribution in [2.45, 2.75) is 19.3 Å². The Morgan fingerprint density at radius 3 is 2.65 bits per heavy atom. The number of hydrogen-bond acceptors (Lipinski definition) is 2. The van der Waals surface area contributed by atoms with Gasteiger partial charge in [-0.2, -0.15) is 0 Å². The molecule has 0 aromatic heterocycles. The first kappa shape index (κ1) is 14.0. The number of carbonyl (C=O) groups excluding carboxylic acids is 1. The molecule has 0 aromatic carbocycles. The molecule has 1 N–H and O–H groups in total. The van der Waals surface area contributed by atoms with Gasteiger partial charge in [-0.25, -0.2) is 0 Å². The number of likely N-dealkylation sites (tertiary alicyclic amines) is 1. The highest BCUT2D eigenvalue weighted by Crippen LogP contribution is 2.21. The van der Waals surface area contributed by atoms with E-state index < -0.39 is 0 Å². The van der Waals surface area contributed by atoms with Crippen LogP contribution in [0.15, 0.2) is 25.3 Å². The molecule has 1 fully saturated rings. The van der Waals surface area contributed by atoms with Crippen LogP contribution in [0.25, 0.3) is 0 Å². The van der Waals surface area contributed by atoms with Crippen molar-refractivity contribution < 1.29 is 4.79 Å². The number of hydrogen-bond donors (Lipinski definition) is 1. The van der Waals surface area contributed by atoms with Gasteiger partial charge in [0.2, 0.25) is 5.91 Å². The van der Waals surface area contributed by atoms with E-state index in [0.717, 1.165) is 38.9 Å². The average molecular weight is 236 g/mol. The van der Waals surface area contributed by atoms with Crippen molar-refractivity contribution in [2.24, 2.45) is 11.8 Å². The fourth-order valence-corrected chi connectivity index (χ4v) is 2.45. The number of amides is 1. The number of rotatable bonds is 7. The lowest BCUT2D eigenvalue weighted by atomic mass is 10.00. The average Bonchev–Trinajstić information content (AvgIpc) is 2.77. The van der Waals surface area contributed by atoms with Crippen LogP contribution in [-0.4, -0.2) is 37.5 Å². The monoisotopic (exact) mass is 236 g/mol. The third-order valence-corrected chi connectivity index (χ3v) is 3.34. The van der Waals surface area contributed by atoms with Crippen LogP contribution in [0.5, 0.6) is 0 Å². The van der Waals surface area contributed by atoms with Crippen molar-refractivity contribution in [1.29, 1.82) is 0 Å². The second-order valence-corrected chi connectivity index (χ2v) is 4.74. The molecular formula is C14H24N2O. The Bertz CT molecular complexity index is 265. The van der Waals surface area contributed by atoms with Crippen molar-refractivity contribution >= 4 is 5.91 Å². The maximum atomic E-state index is 12.3. The van der Waals surface area contributed by atoms with E-state index in [1.54, 1.807) is 0 Å². The normalized spacial score (nSPS) is 19.6. The van der Waals surface area contributed by atoms with E-state index in [0.29, 0.717) is 5.92 Å². The van der Waals surface area contributed by atoms with Gasteiger partial charge in [0.1, 0.15) is 0 Å². The van der Waals surface area contributed by atoms with Gasteiger partial charge in [-0.1, -0.05) is 12.2 Å². The summed E-state index contributed by atoms with van der Waals surface area (Å²) in [7, 11) is 1.96. The summed E-state index contributed by atoms with van der Waals surface area (Å²) in [6.07, 6.45) is 6.26. The van der Waals surface area contributed by atoms with Gasteiger partial charge in [-0.15, -0.1) is 13.2 Å². The van der Waals surface area contributed by atoms with Gasteiger partial charge in [0.05, 0.1) is 0 Å². The van der Waals surface area contributed by atoms with Crippen LogP contribution in [0.2, 0.25) is 0 Å². The van der Waals surface area contributed by atoms with E-state index in [4.69, 9.17) is 0 Å². The minimum atomic E-state index is 0.0401. The van der Waals surface area contributed by atoms with Crippen molar-refractivity contribution in [3.63, 3.8) is 0 Å². The van der Waals surface area contributed by atoms with Crippen LogP contribution in [0.3, 0.4) is 0 Å². The van der Waals surface area contributed by atoms with Crippen molar-refractivity contribution in [1.82, 2.24) is 10.2 Å². The van der Waals surface area contributed by atoms with E-state index in [9.17, 15) is 4.79 Å². The maximum absolute atomic E-state index is 12.3. The lowest BCUT2D eigenvalue weighted by Crippen LogP contribution is -2.35. The molecule has 1 aliphatic rings. The molecule has 0 aliphatic carbocycles. The summed E-state index contributed by atoms with van der Waals surface area (Å²) in [6, 6.07) is 0. The molecule has 1 aliphatic heterocycles. The summed E-state index contributed by atoms with van der Waals surface area (Å²) in [4.78, 5) is 14.3. The summed E-state index contributed by atoms with van der Waals surface area (Å²) >= 11 is 0. The zero-order valence-electron chi connectivity index (χ0n) is 10.8. The van der Waals surface area contributed by atoms with E-state index >= 15 is 0 Å². The Labute approximate surface area is 105 Å². The molecule has 1 heterocycles. The molecule has 96 valence electrons. The summed E-state index contributed by atoms with van der Waals surface area (Å²) in [5.41, 5.74) is 0. The summed E-state index contributed by atoms with van der Waals surface area (Å²) < 4.78 is 0. The first-order chi connectivity index (χ1) is 8.22. The Balaban J connectivity index is 2.50. The molecule has 0 saturated carbocycles. The second kappa shape index (κ2) is 7.28. The highest BCUT2D eigenvalue weighted by molar-refractivity contribution is 5.79. The summed E-state index contributed by atoms with van der Waals surface area (Å²) in [5, 5.41) is 3.18. The van der Waals surface area contributed by atoms with E-state index in [1.807, 2.05) is 24.1 Å². The Morgan fingerprint density at radius 1 is 1.47 bits per heavy atom. The Morgan fingerprint density at radius 2 is 2.12 bits per heavy atom. The van der Waals surface area contributed by atoms with Gasteiger partial charge in [0.15, 0.2) is 0 Å². The lowest BCUT2D eigenvalue weighted by Gasteiger charge is -2.22. The molecule has 17 heavy (non-hydrogen) atoms. The van der Waals surface area contributed by atoms with Gasteiger partial charge in [-0.3, -0.25) is 4.79 Å². The molecule has 0 bridgehead atoms. The highest BCUT2D eigenvalue weighted by Gasteiger charge is 2.29. The van der Waals surface area contributed by atoms with Gasteiger partial charge in [0, 0.05) is 19.0 Å². The molecular weight excluding hydrogens is 212 g/mol. The van der Waals surface area contributed by atoms with Crippen molar-refractivity contribution in [2.75, 3.05) is 26.7 Å². The Kier molecular flexibility index (Phi) is 5.98. The predicted molar refractivity (Wildman–Crippen MR) is 71.7 cm³/mol. The van der Waals surface area contributed by atoms with Gasteiger partial charge in [-0.05, 0) is 38.8 Å². The Hall–Kier alpha value is -1.09. The van der Waals surface area contributed by atoms with Gasteiger partial charge >= 0.3 is 0 Å². The minimum absolute atomic E-state index is 0.0401. The zero-order valence-corrected chi connectivity index (χ0v) is 10.8. The third kappa shape index (κ3) is 4.00. The van der Waals surface area contributed by atoms with E-state index in [1.165, 1.54) is 0 Å². The number of nitrogens with one attached hydrogen (secondary N) is 1. The predicted octanol–water partition coefficient (Wildman–Crippen LogP) is 1.82. The molecule has 0 aromatic rings. The molecule has 3 nitrogen and oxygen atoms in total. The lowest BCUT2D eigenvalue weighted by molar-refractivity contribution is -0.134. The quantitative estimate of drug-likeness (QED) is 0.684. The van der Waals surface area contributed by atoms with Crippen molar-refractivity contribution in [3.8, 4) is 0 Å². The van der Waals surface area contributed by atoms with Gasteiger partial charge in [0.25, 0.3) is 0 Å². The third-order valence-electron chi connectivity index (χ3n) is 3.34. The molecule has 3 heteroatoms. The van der Waals surface area contributed by atoms with Gasteiger partial charge < -0.3 is 10.2 Å². The molecule has 1 rings (SSSR count). The minimum Gasteiger partial charge on any atom is -0.342 e. The SMILES string of the molecule is C=CCC(CC=C)C(=O)N1CCC(CNC)C1. The molecule has 1 amide bonds. The first-order valence-electron chi connectivity index (χ1n) is 6.38. The molecule has 0 radical (unpaired) electrons. The van der Waals surface area contributed by atoms with Crippen LogP contribution in [0.4, 0.5) is 0 Å². The zero-order chi connectivity index (χ0) is 12.7. The highest BCUT2D eigenvalue weighted by atomic mass is 16.2. The first-order valence-corrected chi connectivity index (χ1v) is 6.38. The number of carbonyl (C=O) groups is 1. The summed E-state index contributed by atoms with van der Waals surface area (Å²) in [5.74, 6) is 0.916. The number of nitrogens with zero attached hydrogens (tertiary/aromatic N) is 1. The van der Waals surface area contributed by atoms with E-state index in [2.05, 4.69) is 18.5 Å². The molecule has 0 spiro atoms. The molecule has 1 atom stereocenters. The fraction of sp³-hybridized carbons (Fsp3) is 0.643. The van der Waals surface area contributed by atoms with Crippen molar-refractivity contribution in [3.05, 3.63) is 25.3 Å². The number of allylic oxidation sites excluding steroid dienone is 2.